The molecule has 0 atom stereocenters. The second-order valence-electron chi connectivity index (χ2n) is 3.90. The lowest BCUT2D eigenvalue weighted by molar-refractivity contribution is 0.420. The summed E-state index contributed by atoms with van der Waals surface area (Å²) in [5.74, 6) is 0. The molecule has 0 aliphatic rings. The minimum atomic E-state index is -0.0330. The van der Waals surface area contributed by atoms with Crippen LogP contribution in [0.1, 0.15) is 38.8 Å². The molecule has 0 bridgehead atoms. The minimum Gasteiger partial charge on any atom is -0.393 e. The summed E-state index contributed by atoms with van der Waals surface area (Å²) in [6.45, 7) is 7.77. The van der Waals surface area contributed by atoms with Crippen molar-refractivity contribution in [3.05, 3.63) is 16.0 Å². The molecule has 0 spiro atoms. The standard InChI is InChI=1S/C11H21N3O/c1-4-6-8-14-11(15)10(12)9(3)13(14)7-5-2/h4-8,12H2,1-3H3. The lowest BCUT2D eigenvalue weighted by atomic mass is 10.3. The molecule has 86 valence electrons. The Kier molecular flexibility index (Phi) is 4.00. The summed E-state index contributed by atoms with van der Waals surface area (Å²) >= 11 is 0. The number of nitrogens with two attached hydrogens (primary N) is 1. The third kappa shape index (κ3) is 2.25. The van der Waals surface area contributed by atoms with Crippen molar-refractivity contribution in [2.24, 2.45) is 0 Å². The quantitative estimate of drug-likeness (QED) is 0.806. The molecule has 0 aromatic carbocycles. The molecular formula is C11H21N3O. The van der Waals surface area contributed by atoms with Gasteiger partial charge in [-0.25, -0.2) is 4.68 Å². The summed E-state index contributed by atoms with van der Waals surface area (Å²) in [5, 5.41) is 0. The number of anilines is 1. The van der Waals surface area contributed by atoms with Gasteiger partial charge in [-0.2, -0.15) is 0 Å². The molecule has 4 nitrogen and oxygen atoms in total. The van der Waals surface area contributed by atoms with Crippen LogP contribution < -0.4 is 11.3 Å². The van der Waals surface area contributed by atoms with Gasteiger partial charge >= 0.3 is 0 Å². The first-order chi connectivity index (χ1) is 7.13. The van der Waals surface area contributed by atoms with Gasteiger partial charge in [-0.1, -0.05) is 20.3 Å². The predicted molar refractivity (Wildman–Crippen MR) is 63.0 cm³/mol. The maximum atomic E-state index is 11.8. The van der Waals surface area contributed by atoms with Crippen molar-refractivity contribution >= 4 is 5.69 Å². The molecule has 0 aliphatic heterocycles. The highest BCUT2D eigenvalue weighted by atomic mass is 16.1. The van der Waals surface area contributed by atoms with Gasteiger partial charge in [-0.3, -0.25) is 9.48 Å². The monoisotopic (exact) mass is 211 g/mol. The van der Waals surface area contributed by atoms with Crippen molar-refractivity contribution in [1.82, 2.24) is 9.36 Å². The third-order valence-electron chi connectivity index (χ3n) is 2.69. The number of hydrogen-bond donors (Lipinski definition) is 1. The second-order valence-corrected chi connectivity index (χ2v) is 3.90. The van der Waals surface area contributed by atoms with Crippen LogP contribution in [0.5, 0.6) is 0 Å². The average molecular weight is 211 g/mol. The number of unbranched alkanes of at least 4 members (excludes halogenated alkanes) is 1. The number of aromatic nitrogens is 2. The zero-order chi connectivity index (χ0) is 11.4. The van der Waals surface area contributed by atoms with E-state index in [1.165, 1.54) is 0 Å². The van der Waals surface area contributed by atoms with Crippen LogP contribution >= 0.6 is 0 Å². The Morgan fingerprint density at radius 2 is 1.80 bits per heavy atom. The van der Waals surface area contributed by atoms with Gasteiger partial charge in [0, 0.05) is 13.1 Å². The maximum Gasteiger partial charge on any atom is 0.290 e. The van der Waals surface area contributed by atoms with Crippen molar-refractivity contribution in [2.75, 3.05) is 5.73 Å². The van der Waals surface area contributed by atoms with Crippen LogP contribution in [0, 0.1) is 6.92 Å². The summed E-state index contributed by atoms with van der Waals surface area (Å²) in [5.41, 5.74) is 7.02. The van der Waals surface area contributed by atoms with Crippen LogP contribution in [0.25, 0.3) is 0 Å². The van der Waals surface area contributed by atoms with Gasteiger partial charge in [0.15, 0.2) is 0 Å². The lowest BCUT2D eigenvalue weighted by Crippen LogP contribution is -2.24. The molecule has 2 N–H and O–H groups in total. The first-order valence-electron chi connectivity index (χ1n) is 5.69. The van der Waals surface area contributed by atoms with Crippen molar-refractivity contribution in [3.8, 4) is 0 Å². The van der Waals surface area contributed by atoms with Gasteiger partial charge < -0.3 is 5.73 Å². The molecule has 0 radical (unpaired) electrons. The van der Waals surface area contributed by atoms with Gasteiger partial charge in [-0.15, -0.1) is 0 Å². The maximum absolute atomic E-state index is 11.8. The fourth-order valence-corrected chi connectivity index (χ4v) is 1.75. The third-order valence-corrected chi connectivity index (χ3v) is 2.69. The summed E-state index contributed by atoms with van der Waals surface area (Å²) in [6.07, 6.45) is 3.12. The van der Waals surface area contributed by atoms with Crippen molar-refractivity contribution in [3.63, 3.8) is 0 Å². The molecule has 0 saturated carbocycles. The van der Waals surface area contributed by atoms with E-state index in [-0.39, 0.29) is 5.56 Å². The van der Waals surface area contributed by atoms with E-state index in [0.717, 1.165) is 38.0 Å². The molecular weight excluding hydrogens is 190 g/mol. The fourth-order valence-electron chi connectivity index (χ4n) is 1.75. The Labute approximate surface area is 90.7 Å². The van der Waals surface area contributed by atoms with E-state index in [0.29, 0.717) is 5.69 Å². The lowest BCUT2D eigenvalue weighted by Gasteiger charge is -2.11. The van der Waals surface area contributed by atoms with Gasteiger partial charge in [0.2, 0.25) is 0 Å². The summed E-state index contributed by atoms with van der Waals surface area (Å²) in [7, 11) is 0. The molecule has 1 heterocycles. The fraction of sp³-hybridized carbons (Fsp3) is 0.727. The van der Waals surface area contributed by atoms with Gasteiger partial charge in [0.05, 0.1) is 5.69 Å². The van der Waals surface area contributed by atoms with Crippen molar-refractivity contribution in [1.29, 1.82) is 0 Å². The van der Waals surface area contributed by atoms with Crippen molar-refractivity contribution < 1.29 is 0 Å². The van der Waals surface area contributed by atoms with E-state index >= 15 is 0 Å². The topological polar surface area (TPSA) is 52.9 Å². The first kappa shape index (κ1) is 11.9. The van der Waals surface area contributed by atoms with E-state index in [1.807, 2.05) is 11.6 Å². The van der Waals surface area contributed by atoms with Crippen LogP contribution in [-0.4, -0.2) is 9.36 Å². The highest BCUT2D eigenvalue weighted by Gasteiger charge is 2.12. The van der Waals surface area contributed by atoms with Crippen LogP contribution in [-0.2, 0) is 13.1 Å². The Hall–Kier alpha value is -1.19. The smallest absolute Gasteiger partial charge is 0.290 e. The van der Waals surface area contributed by atoms with E-state index in [4.69, 9.17) is 5.73 Å². The second kappa shape index (κ2) is 5.05. The summed E-state index contributed by atoms with van der Waals surface area (Å²) in [4.78, 5) is 11.8. The number of nitrogen functional groups attached to an aromatic ring is 1. The zero-order valence-corrected chi connectivity index (χ0v) is 9.92. The SMILES string of the molecule is CCCCn1c(=O)c(N)c(C)n1CCC. The van der Waals surface area contributed by atoms with Crippen LogP contribution in [0.2, 0.25) is 0 Å². The number of rotatable bonds is 5. The molecule has 0 saturated heterocycles. The Morgan fingerprint density at radius 3 is 2.33 bits per heavy atom. The molecule has 1 aromatic rings. The van der Waals surface area contributed by atoms with E-state index < -0.39 is 0 Å². The molecule has 0 unspecified atom stereocenters. The summed E-state index contributed by atoms with van der Waals surface area (Å²) < 4.78 is 3.78. The Morgan fingerprint density at radius 1 is 1.13 bits per heavy atom. The van der Waals surface area contributed by atoms with Gasteiger partial charge in [0.25, 0.3) is 5.56 Å². The average Bonchev–Trinajstić information content (AvgIpc) is 2.42. The highest BCUT2D eigenvalue weighted by Crippen LogP contribution is 2.08. The molecule has 4 heteroatoms. The number of hydrogen-bond acceptors (Lipinski definition) is 2. The van der Waals surface area contributed by atoms with E-state index in [9.17, 15) is 4.79 Å². The van der Waals surface area contributed by atoms with E-state index in [2.05, 4.69) is 13.8 Å². The molecule has 0 aliphatic carbocycles. The largest absolute Gasteiger partial charge is 0.393 e. The zero-order valence-electron chi connectivity index (χ0n) is 9.92. The molecule has 1 rings (SSSR count). The van der Waals surface area contributed by atoms with Crippen LogP contribution in [0.15, 0.2) is 4.79 Å². The van der Waals surface area contributed by atoms with Crippen LogP contribution in [0.4, 0.5) is 5.69 Å². The highest BCUT2D eigenvalue weighted by molar-refractivity contribution is 5.40. The van der Waals surface area contributed by atoms with Gasteiger partial charge in [0.1, 0.15) is 5.69 Å². The first-order valence-corrected chi connectivity index (χ1v) is 5.69. The molecule has 15 heavy (non-hydrogen) atoms. The van der Waals surface area contributed by atoms with Gasteiger partial charge in [-0.05, 0) is 19.8 Å². The Balaban J connectivity index is 3.09. The van der Waals surface area contributed by atoms with E-state index in [1.54, 1.807) is 4.68 Å². The Bertz CT molecular complexity index is 376. The molecule has 0 amide bonds. The normalized spacial score (nSPS) is 10.9. The number of nitrogens with zero attached hydrogens (tertiary/aromatic N) is 2. The predicted octanol–water partition coefficient (Wildman–Crippen LogP) is 1.75. The summed E-state index contributed by atoms with van der Waals surface area (Å²) in [6, 6.07) is 0. The molecule has 1 aromatic heterocycles. The van der Waals surface area contributed by atoms with Crippen molar-refractivity contribution in [2.45, 2.75) is 53.1 Å². The minimum absolute atomic E-state index is 0.0330. The molecule has 0 fully saturated rings. The van der Waals surface area contributed by atoms with Crippen LogP contribution in [0.3, 0.4) is 0 Å².